The molecule has 9 heteroatoms. The van der Waals surface area contributed by atoms with Crippen molar-refractivity contribution in [3.63, 3.8) is 0 Å². The monoisotopic (exact) mass is 513 g/mol. The standard InChI is InChI=1S/C25H16BrN5O3/c1-15-6-4-10-30-21(15)28-23-19(25(30)33)12-16(13-27)22(31(23)14-17-7-5-11-34-17)29-24(32)18-8-2-3-9-20(18)26/h2-12H,14H2,1H3. The molecule has 166 valence electrons. The predicted molar refractivity (Wildman–Crippen MR) is 128 cm³/mol. The summed E-state index contributed by atoms with van der Waals surface area (Å²) in [5, 5.41) is 10.2. The molecule has 0 radical (unpaired) electrons. The SMILES string of the molecule is Cc1cccn2c(=O)c3cc(C#N)c(=NC(=O)c4ccccc4Br)n(Cc4ccco4)c3nc12. The number of nitriles is 1. The van der Waals surface area contributed by atoms with E-state index >= 15 is 0 Å². The summed E-state index contributed by atoms with van der Waals surface area (Å²) in [5.74, 6) is 0.0168. The number of aromatic nitrogens is 3. The molecule has 0 saturated carbocycles. The third-order valence-corrected chi connectivity index (χ3v) is 6.12. The number of fused-ring (bicyclic) bond motifs is 2. The number of halogens is 1. The highest BCUT2D eigenvalue weighted by Crippen LogP contribution is 2.18. The Morgan fingerprint density at radius 3 is 2.74 bits per heavy atom. The van der Waals surface area contributed by atoms with Crippen LogP contribution in [-0.2, 0) is 6.54 Å². The number of benzene rings is 1. The van der Waals surface area contributed by atoms with Crippen LogP contribution in [-0.4, -0.2) is 19.9 Å². The van der Waals surface area contributed by atoms with Crippen molar-refractivity contribution >= 4 is 38.5 Å². The first-order valence-corrected chi connectivity index (χ1v) is 11.1. The highest BCUT2D eigenvalue weighted by molar-refractivity contribution is 9.10. The highest BCUT2D eigenvalue weighted by atomic mass is 79.9. The molecule has 5 rings (SSSR count). The van der Waals surface area contributed by atoms with E-state index in [1.54, 1.807) is 53.2 Å². The van der Waals surface area contributed by atoms with Gasteiger partial charge in [-0.05, 0) is 64.8 Å². The van der Waals surface area contributed by atoms with Crippen molar-refractivity contribution in [2.24, 2.45) is 4.99 Å². The van der Waals surface area contributed by atoms with Gasteiger partial charge in [-0.2, -0.15) is 10.3 Å². The molecule has 0 aliphatic heterocycles. The number of pyridine rings is 2. The van der Waals surface area contributed by atoms with E-state index in [2.05, 4.69) is 27.0 Å². The Bertz CT molecular complexity index is 1760. The van der Waals surface area contributed by atoms with Crippen LogP contribution in [0.4, 0.5) is 0 Å². The van der Waals surface area contributed by atoms with Crippen LogP contribution in [0, 0.1) is 18.3 Å². The van der Waals surface area contributed by atoms with Gasteiger partial charge in [0.25, 0.3) is 11.5 Å². The number of furan rings is 1. The van der Waals surface area contributed by atoms with Crippen LogP contribution in [0.3, 0.4) is 0 Å². The lowest BCUT2D eigenvalue weighted by Gasteiger charge is -2.13. The first kappa shape index (κ1) is 21.6. The van der Waals surface area contributed by atoms with Crippen molar-refractivity contribution in [1.29, 1.82) is 5.26 Å². The maximum Gasteiger partial charge on any atom is 0.280 e. The zero-order chi connectivity index (χ0) is 23.8. The van der Waals surface area contributed by atoms with Gasteiger partial charge in [0.15, 0.2) is 5.49 Å². The van der Waals surface area contributed by atoms with Gasteiger partial charge in [-0.15, -0.1) is 0 Å². The molecule has 0 atom stereocenters. The number of amides is 1. The van der Waals surface area contributed by atoms with Crippen LogP contribution in [0.1, 0.15) is 27.2 Å². The van der Waals surface area contributed by atoms with Crippen molar-refractivity contribution in [3.05, 3.63) is 110 Å². The van der Waals surface area contributed by atoms with E-state index in [1.165, 1.54) is 16.7 Å². The molecule has 4 heterocycles. The van der Waals surface area contributed by atoms with E-state index in [-0.39, 0.29) is 28.5 Å². The molecule has 0 aliphatic rings. The summed E-state index contributed by atoms with van der Waals surface area (Å²) in [6.45, 7) is 1.98. The van der Waals surface area contributed by atoms with Gasteiger partial charge in [-0.25, -0.2) is 4.98 Å². The molecule has 0 fully saturated rings. The maximum absolute atomic E-state index is 13.3. The molecule has 5 aromatic rings. The number of carbonyl (C=O) groups excluding carboxylic acids is 1. The van der Waals surface area contributed by atoms with Crippen LogP contribution in [0.15, 0.2) is 85.7 Å². The molecule has 0 saturated heterocycles. The van der Waals surface area contributed by atoms with Gasteiger partial charge >= 0.3 is 0 Å². The molecular weight excluding hydrogens is 498 g/mol. The van der Waals surface area contributed by atoms with Crippen molar-refractivity contribution in [1.82, 2.24) is 14.0 Å². The molecule has 8 nitrogen and oxygen atoms in total. The summed E-state index contributed by atoms with van der Waals surface area (Å²) < 4.78 is 9.12. The lowest BCUT2D eigenvalue weighted by molar-refractivity contribution is 0.0996. The number of nitrogens with zero attached hydrogens (tertiary/aromatic N) is 5. The van der Waals surface area contributed by atoms with Crippen LogP contribution in [0.25, 0.3) is 16.7 Å². The zero-order valence-corrected chi connectivity index (χ0v) is 19.5. The second kappa shape index (κ2) is 8.57. The highest BCUT2D eigenvalue weighted by Gasteiger charge is 2.17. The summed E-state index contributed by atoms with van der Waals surface area (Å²) in [7, 11) is 0. The van der Waals surface area contributed by atoms with Gasteiger partial charge in [0.05, 0.1) is 29.3 Å². The first-order chi connectivity index (χ1) is 16.5. The van der Waals surface area contributed by atoms with Gasteiger partial charge in [0.1, 0.15) is 23.1 Å². The Labute approximate surface area is 201 Å². The van der Waals surface area contributed by atoms with Crippen molar-refractivity contribution in [2.45, 2.75) is 13.5 Å². The second-order valence-corrected chi connectivity index (χ2v) is 8.45. The minimum absolute atomic E-state index is 0.0750. The number of hydrogen-bond acceptors (Lipinski definition) is 5. The Morgan fingerprint density at radius 1 is 1.18 bits per heavy atom. The normalized spacial score (nSPS) is 11.7. The summed E-state index contributed by atoms with van der Waals surface area (Å²) in [6, 6.07) is 17.5. The molecule has 0 spiro atoms. The van der Waals surface area contributed by atoms with E-state index in [0.717, 1.165) is 5.56 Å². The number of hydrogen-bond donors (Lipinski definition) is 0. The minimum atomic E-state index is -0.537. The molecule has 34 heavy (non-hydrogen) atoms. The average Bonchev–Trinajstić information content (AvgIpc) is 3.35. The van der Waals surface area contributed by atoms with Crippen molar-refractivity contribution in [3.8, 4) is 6.07 Å². The molecule has 0 unspecified atom stereocenters. The predicted octanol–water partition coefficient (Wildman–Crippen LogP) is 3.97. The fourth-order valence-electron chi connectivity index (χ4n) is 3.79. The van der Waals surface area contributed by atoms with E-state index in [4.69, 9.17) is 9.40 Å². The summed E-state index contributed by atoms with van der Waals surface area (Å²) in [4.78, 5) is 35.5. The van der Waals surface area contributed by atoms with Gasteiger partial charge in [0, 0.05) is 10.7 Å². The smallest absolute Gasteiger partial charge is 0.280 e. The molecule has 4 aromatic heterocycles. The van der Waals surface area contributed by atoms with Gasteiger partial charge in [-0.3, -0.25) is 14.0 Å². The lowest BCUT2D eigenvalue weighted by atomic mass is 10.2. The zero-order valence-electron chi connectivity index (χ0n) is 17.9. The Balaban J connectivity index is 1.91. The topological polar surface area (TPSA) is 106 Å². The third-order valence-electron chi connectivity index (χ3n) is 5.43. The summed E-state index contributed by atoms with van der Waals surface area (Å²) in [5.41, 5.74) is 1.77. The molecule has 0 bridgehead atoms. The molecule has 1 amide bonds. The lowest BCUT2D eigenvalue weighted by Crippen LogP contribution is -2.30. The van der Waals surface area contributed by atoms with Gasteiger partial charge < -0.3 is 8.98 Å². The number of rotatable bonds is 3. The minimum Gasteiger partial charge on any atom is -0.467 e. The van der Waals surface area contributed by atoms with Gasteiger partial charge in [-0.1, -0.05) is 18.2 Å². The Hall–Kier alpha value is -4.29. The summed E-state index contributed by atoms with van der Waals surface area (Å²) in [6.07, 6.45) is 3.16. The number of carbonyl (C=O) groups is 1. The van der Waals surface area contributed by atoms with E-state index in [0.29, 0.717) is 27.1 Å². The molecule has 0 aliphatic carbocycles. The fourth-order valence-corrected chi connectivity index (χ4v) is 4.24. The summed E-state index contributed by atoms with van der Waals surface area (Å²) >= 11 is 3.37. The third kappa shape index (κ3) is 3.64. The second-order valence-electron chi connectivity index (χ2n) is 7.59. The quantitative estimate of drug-likeness (QED) is 0.339. The van der Waals surface area contributed by atoms with Gasteiger partial charge in [0.2, 0.25) is 0 Å². The largest absolute Gasteiger partial charge is 0.467 e. The Kier molecular flexibility index (Phi) is 5.43. The molecule has 0 N–H and O–H groups in total. The molecular formula is C25H16BrN5O3. The van der Waals surface area contributed by atoms with E-state index < -0.39 is 5.91 Å². The average molecular weight is 514 g/mol. The molecule has 1 aromatic carbocycles. The fraction of sp³-hybridized carbons (Fsp3) is 0.0800. The van der Waals surface area contributed by atoms with Crippen LogP contribution in [0.2, 0.25) is 0 Å². The van der Waals surface area contributed by atoms with Crippen LogP contribution >= 0.6 is 15.9 Å². The van der Waals surface area contributed by atoms with Crippen molar-refractivity contribution in [2.75, 3.05) is 0 Å². The van der Waals surface area contributed by atoms with E-state index in [9.17, 15) is 14.9 Å². The van der Waals surface area contributed by atoms with Crippen LogP contribution in [0.5, 0.6) is 0 Å². The first-order valence-electron chi connectivity index (χ1n) is 10.3. The van der Waals surface area contributed by atoms with Crippen LogP contribution < -0.4 is 11.0 Å². The maximum atomic E-state index is 13.3. The Morgan fingerprint density at radius 2 is 2.00 bits per heavy atom. The number of aryl methyl sites for hydroxylation is 1. The van der Waals surface area contributed by atoms with E-state index in [1.807, 2.05) is 13.0 Å². The van der Waals surface area contributed by atoms with Crippen molar-refractivity contribution < 1.29 is 9.21 Å².